The first-order chi connectivity index (χ1) is 13.8. The fraction of sp³-hybridized carbons (Fsp3) is 0.0952. The molecular weight excluding hydrogens is 415 g/mol. The van der Waals surface area contributed by atoms with Crippen LogP contribution in [0.5, 0.6) is 0 Å². The fourth-order valence-electron chi connectivity index (χ4n) is 2.65. The van der Waals surface area contributed by atoms with E-state index in [2.05, 4.69) is 5.32 Å². The first-order valence-electron chi connectivity index (χ1n) is 8.65. The van der Waals surface area contributed by atoms with E-state index in [-0.39, 0.29) is 27.8 Å². The van der Waals surface area contributed by atoms with E-state index in [9.17, 15) is 17.6 Å². The van der Waals surface area contributed by atoms with Gasteiger partial charge in [0.25, 0.3) is 15.9 Å². The van der Waals surface area contributed by atoms with Crippen LogP contribution in [0.15, 0.2) is 77.7 Å². The molecule has 0 atom stereocenters. The standard InChI is InChI=1S/C21H18ClFN2O3S/c1-25(29(27,28)18-5-3-2-4-6-18)17-11-12-20(22)19(13-17)21(26)24-14-15-7-9-16(23)10-8-15/h2-13H,14H2,1H3,(H,24,26). The minimum absolute atomic E-state index is 0.139. The van der Waals surface area contributed by atoms with E-state index in [1.165, 1.54) is 49.5 Å². The van der Waals surface area contributed by atoms with E-state index >= 15 is 0 Å². The molecule has 29 heavy (non-hydrogen) atoms. The lowest BCUT2D eigenvalue weighted by Gasteiger charge is -2.20. The van der Waals surface area contributed by atoms with Crippen LogP contribution in [0, 0.1) is 5.82 Å². The summed E-state index contributed by atoms with van der Waals surface area (Å²) in [6.45, 7) is 0.178. The van der Waals surface area contributed by atoms with Gasteiger partial charge in [-0.2, -0.15) is 0 Å². The molecule has 1 N–H and O–H groups in total. The van der Waals surface area contributed by atoms with Crippen LogP contribution in [0.4, 0.5) is 10.1 Å². The number of benzene rings is 3. The Bertz CT molecular complexity index is 1120. The van der Waals surface area contributed by atoms with Crippen molar-refractivity contribution in [3.05, 3.63) is 94.8 Å². The lowest BCUT2D eigenvalue weighted by Crippen LogP contribution is -2.27. The van der Waals surface area contributed by atoms with Gasteiger partial charge in [-0.15, -0.1) is 0 Å². The van der Waals surface area contributed by atoms with Gasteiger partial charge in [-0.1, -0.05) is 41.9 Å². The molecule has 3 aromatic carbocycles. The molecule has 0 aromatic heterocycles. The van der Waals surface area contributed by atoms with Gasteiger partial charge in [0.05, 0.1) is 21.2 Å². The van der Waals surface area contributed by atoms with E-state index in [1.54, 1.807) is 30.3 Å². The maximum absolute atomic E-state index is 13.0. The minimum Gasteiger partial charge on any atom is -0.348 e. The van der Waals surface area contributed by atoms with Gasteiger partial charge < -0.3 is 5.32 Å². The number of anilines is 1. The van der Waals surface area contributed by atoms with E-state index in [1.807, 2.05) is 0 Å². The van der Waals surface area contributed by atoms with Gasteiger partial charge in [0, 0.05) is 13.6 Å². The zero-order valence-electron chi connectivity index (χ0n) is 15.5. The predicted molar refractivity (Wildman–Crippen MR) is 111 cm³/mol. The fourth-order valence-corrected chi connectivity index (χ4v) is 4.06. The molecule has 0 unspecified atom stereocenters. The van der Waals surface area contributed by atoms with Gasteiger partial charge in [-0.3, -0.25) is 9.10 Å². The number of nitrogens with zero attached hydrogens (tertiary/aromatic N) is 1. The van der Waals surface area contributed by atoms with Crippen molar-refractivity contribution in [1.29, 1.82) is 0 Å². The molecular formula is C21H18ClFN2O3S. The zero-order chi connectivity index (χ0) is 21.0. The molecule has 0 spiro atoms. The molecule has 0 heterocycles. The van der Waals surface area contributed by atoms with E-state index in [0.29, 0.717) is 5.69 Å². The van der Waals surface area contributed by atoms with Crippen LogP contribution >= 0.6 is 11.6 Å². The molecule has 3 aromatic rings. The smallest absolute Gasteiger partial charge is 0.264 e. The summed E-state index contributed by atoms with van der Waals surface area (Å²) < 4.78 is 39.7. The van der Waals surface area contributed by atoms with Crippen LogP contribution in [0.3, 0.4) is 0 Å². The lowest BCUT2D eigenvalue weighted by atomic mass is 10.1. The maximum atomic E-state index is 13.0. The van der Waals surface area contributed by atoms with E-state index in [0.717, 1.165) is 9.87 Å². The summed E-state index contributed by atoms with van der Waals surface area (Å²) in [5.41, 5.74) is 1.15. The summed E-state index contributed by atoms with van der Waals surface area (Å²) in [6, 6.07) is 18.1. The normalized spacial score (nSPS) is 11.1. The van der Waals surface area contributed by atoms with Crippen LogP contribution in [0.2, 0.25) is 5.02 Å². The number of sulfonamides is 1. The second kappa shape index (κ2) is 8.63. The topological polar surface area (TPSA) is 66.5 Å². The maximum Gasteiger partial charge on any atom is 0.264 e. The van der Waals surface area contributed by atoms with Gasteiger partial charge >= 0.3 is 0 Å². The number of hydrogen-bond acceptors (Lipinski definition) is 3. The zero-order valence-corrected chi connectivity index (χ0v) is 17.0. The Labute approximate surface area is 173 Å². The average molecular weight is 433 g/mol. The van der Waals surface area contributed by atoms with Crippen molar-refractivity contribution >= 4 is 33.2 Å². The Morgan fingerprint density at radius 3 is 2.34 bits per heavy atom. The van der Waals surface area contributed by atoms with Crippen LogP contribution in [-0.2, 0) is 16.6 Å². The Kier molecular flexibility index (Phi) is 6.20. The number of halogens is 2. The number of amides is 1. The SMILES string of the molecule is CN(c1ccc(Cl)c(C(=O)NCc2ccc(F)cc2)c1)S(=O)(=O)c1ccccc1. The molecule has 5 nitrogen and oxygen atoms in total. The van der Waals surface area contributed by atoms with Gasteiger partial charge in [0.2, 0.25) is 0 Å². The number of nitrogens with one attached hydrogen (secondary N) is 1. The van der Waals surface area contributed by atoms with Crippen molar-refractivity contribution in [2.75, 3.05) is 11.4 Å². The Balaban J connectivity index is 1.82. The van der Waals surface area contributed by atoms with Gasteiger partial charge in [-0.25, -0.2) is 12.8 Å². The summed E-state index contributed by atoms with van der Waals surface area (Å²) >= 11 is 6.15. The third-order valence-electron chi connectivity index (χ3n) is 4.33. The highest BCUT2D eigenvalue weighted by Crippen LogP contribution is 2.26. The van der Waals surface area contributed by atoms with Crippen molar-refractivity contribution in [1.82, 2.24) is 5.32 Å². The minimum atomic E-state index is -3.78. The molecule has 3 rings (SSSR count). The Morgan fingerprint density at radius 2 is 1.69 bits per heavy atom. The van der Waals surface area contributed by atoms with Crippen LogP contribution in [0.1, 0.15) is 15.9 Å². The lowest BCUT2D eigenvalue weighted by molar-refractivity contribution is 0.0951. The van der Waals surface area contributed by atoms with Crippen molar-refractivity contribution < 1.29 is 17.6 Å². The van der Waals surface area contributed by atoms with Crippen molar-refractivity contribution in [3.63, 3.8) is 0 Å². The average Bonchev–Trinajstić information content (AvgIpc) is 2.73. The second-order valence-electron chi connectivity index (χ2n) is 6.26. The molecule has 1 amide bonds. The third kappa shape index (κ3) is 4.75. The number of carbonyl (C=O) groups is 1. The largest absolute Gasteiger partial charge is 0.348 e. The summed E-state index contributed by atoms with van der Waals surface area (Å²) in [6.07, 6.45) is 0. The molecule has 0 aliphatic heterocycles. The molecule has 0 fully saturated rings. The van der Waals surface area contributed by atoms with Gasteiger partial charge in [0.1, 0.15) is 5.82 Å². The Hall–Kier alpha value is -2.90. The predicted octanol–water partition coefficient (Wildman–Crippen LogP) is 4.23. The Morgan fingerprint density at radius 1 is 1.03 bits per heavy atom. The molecule has 0 aliphatic carbocycles. The van der Waals surface area contributed by atoms with Gasteiger partial charge in [0.15, 0.2) is 0 Å². The molecule has 0 aliphatic rings. The first-order valence-corrected chi connectivity index (χ1v) is 10.5. The van der Waals surface area contributed by atoms with Crippen LogP contribution < -0.4 is 9.62 Å². The van der Waals surface area contributed by atoms with Crippen molar-refractivity contribution in [2.24, 2.45) is 0 Å². The highest BCUT2D eigenvalue weighted by atomic mass is 35.5. The molecule has 0 bridgehead atoms. The molecule has 0 saturated heterocycles. The highest BCUT2D eigenvalue weighted by molar-refractivity contribution is 7.92. The van der Waals surface area contributed by atoms with Crippen LogP contribution in [0.25, 0.3) is 0 Å². The van der Waals surface area contributed by atoms with Crippen LogP contribution in [-0.4, -0.2) is 21.4 Å². The van der Waals surface area contributed by atoms with E-state index in [4.69, 9.17) is 11.6 Å². The first kappa shape index (κ1) is 20.8. The van der Waals surface area contributed by atoms with Crippen molar-refractivity contribution in [3.8, 4) is 0 Å². The van der Waals surface area contributed by atoms with E-state index < -0.39 is 15.9 Å². The third-order valence-corrected chi connectivity index (χ3v) is 6.46. The quantitative estimate of drug-likeness (QED) is 0.633. The summed E-state index contributed by atoms with van der Waals surface area (Å²) in [5.74, 6) is -0.829. The van der Waals surface area contributed by atoms with Gasteiger partial charge in [-0.05, 0) is 48.0 Å². The second-order valence-corrected chi connectivity index (χ2v) is 8.64. The molecule has 0 radical (unpaired) electrons. The van der Waals surface area contributed by atoms with Crippen molar-refractivity contribution in [2.45, 2.75) is 11.4 Å². The summed E-state index contributed by atoms with van der Waals surface area (Å²) in [4.78, 5) is 12.7. The summed E-state index contributed by atoms with van der Waals surface area (Å²) in [5, 5.41) is 2.89. The highest BCUT2D eigenvalue weighted by Gasteiger charge is 2.22. The summed E-state index contributed by atoms with van der Waals surface area (Å²) in [7, 11) is -2.38. The number of rotatable bonds is 6. The molecule has 8 heteroatoms. The molecule has 0 saturated carbocycles. The number of carbonyl (C=O) groups excluding carboxylic acids is 1. The molecule has 150 valence electrons. The monoisotopic (exact) mass is 432 g/mol. The number of hydrogen-bond donors (Lipinski definition) is 1.